The Bertz CT molecular complexity index is 944. The van der Waals surface area contributed by atoms with Crippen LogP contribution in [0.25, 0.3) is 0 Å². The fourth-order valence-corrected chi connectivity index (χ4v) is 4.32. The maximum Gasteiger partial charge on any atom is 0.335 e. The first kappa shape index (κ1) is 21.1. The SMILES string of the molecule is CN(C)C(=O)C(=O)N=C1CCN2C(=O)COc3ccccc3C3CCC(CC3)O/C=C/12. The average molecular weight is 425 g/mol. The van der Waals surface area contributed by atoms with Crippen molar-refractivity contribution in [3.63, 3.8) is 0 Å². The van der Waals surface area contributed by atoms with Gasteiger partial charge in [0.1, 0.15) is 17.7 Å². The number of aliphatic imine (C=N–C) groups is 1. The molecule has 2 fully saturated rings. The molecule has 1 saturated heterocycles. The molecule has 2 bridgehead atoms. The molecular weight excluding hydrogens is 398 g/mol. The van der Waals surface area contributed by atoms with Crippen molar-refractivity contribution in [3.8, 4) is 5.75 Å². The highest BCUT2D eigenvalue weighted by Crippen LogP contribution is 2.39. The summed E-state index contributed by atoms with van der Waals surface area (Å²) in [5.74, 6) is -0.686. The number of hydrogen-bond acceptors (Lipinski definition) is 5. The van der Waals surface area contributed by atoms with Gasteiger partial charge in [-0.2, -0.15) is 0 Å². The molecule has 3 heterocycles. The average Bonchev–Trinajstić information content (AvgIpc) is 3.18. The van der Waals surface area contributed by atoms with Gasteiger partial charge in [-0.3, -0.25) is 14.4 Å². The minimum absolute atomic E-state index is 0.0375. The summed E-state index contributed by atoms with van der Waals surface area (Å²) in [5.41, 5.74) is 1.96. The van der Waals surface area contributed by atoms with Crippen LogP contribution in [0.15, 0.2) is 41.2 Å². The van der Waals surface area contributed by atoms with E-state index in [1.807, 2.05) is 18.2 Å². The lowest BCUT2D eigenvalue weighted by Crippen LogP contribution is -2.32. The van der Waals surface area contributed by atoms with Crippen LogP contribution in [0.1, 0.15) is 43.6 Å². The standard InChI is InChI=1S/C23H27N3O5/c1-25(2)23(29)22(28)24-18-11-12-26-19(18)13-30-16-9-7-15(8-10-16)17-5-3-4-6-20(17)31-14-21(26)27/h3-6,13,15-16H,7-12,14H2,1-2H3/b19-13-,24-18?. The Balaban J connectivity index is 1.64. The van der Waals surface area contributed by atoms with E-state index in [2.05, 4.69) is 11.1 Å². The van der Waals surface area contributed by atoms with Crippen LogP contribution in [0.4, 0.5) is 0 Å². The summed E-state index contributed by atoms with van der Waals surface area (Å²) < 4.78 is 12.0. The van der Waals surface area contributed by atoms with Crippen LogP contribution in [0, 0.1) is 0 Å². The molecule has 1 saturated carbocycles. The number of ether oxygens (including phenoxy) is 2. The third-order valence-electron chi connectivity index (χ3n) is 6.04. The van der Waals surface area contributed by atoms with Gasteiger partial charge in [-0.1, -0.05) is 18.2 Å². The summed E-state index contributed by atoms with van der Waals surface area (Å²) in [6.07, 6.45) is 5.67. The van der Waals surface area contributed by atoms with Gasteiger partial charge in [-0.05, 0) is 43.2 Å². The van der Waals surface area contributed by atoms with Crippen molar-refractivity contribution in [2.24, 2.45) is 4.99 Å². The van der Waals surface area contributed by atoms with E-state index in [4.69, 9.17) is 9.47 Å². The summed E-state index contributed by atoms with van der Waals surface area (Å²) in [6, 6.07) is 7.89. The molecule has 0 N–H and O–H groups in total. The Hall–Kier alpha value is -3.16. The third-order valence-corrected chi connectivity index (χ3v) is 6.04. The molecule has 8 heteroatoms. The summed E-state index contributed by atoms with van der Waals surface area (Å²) >= 11 is 0. The van der Waals surface area contributed by atoms with E-state index in [0.717, 1.165) is 37.0 Å². The number of amides is 3. The number of benzene rings is 1. The molecule has 0 atom stereocenters. The summed E-state index contributed by atoms with van der Waals surface area (Å²) in [4.78, 5) is 43.8. The molecule has 1 aromatic carbocycles. The van der Waals surface area contributed by atoms with Crippen LogP contribution < -0.4 is 4.74 Å². The van der Waals surface area contributed by atoms with Gasteiger partial charge in [0, 0.05) is 27.1 Å². The molecule has 0 radical (unpaired) electrons. The smallest absolute Gasteiger partial charge is 0.335 e. The Labute approximate surface area is 181 Å². The summed E-state index contributed by atoms with van der Waals surface area (Å²) in [7, 11) is 3.00. The van der Waals surface area contributed by atoms with Crippen molar-refractivity contribution < 1.29 is 23.9 Å². The van der Waals surface area contributed by atoms with Gasteiger partial charge in [0.2, 0.25) is 0 Å². The van der Waals surface area contributed by atoms with E-state index in [-0.39, 0.29) is 18.6 Å². The number of hydrogen-bond donors (Lipinski definition) is 0. The van der Waals surface area contributed by atoms with Crippen LogP contribution in [0.3, 0.4) is 0 Å². The molecule has 1 aromatic rings. The second-order valence-corrected chi connectivity index (χ2v) is 8.30. The van der Waals surface area contributed by atoms with Crippen molar-refractivity contribution in [2.45, 2.75) is 44.1 Å². The Morgan fingerprint density at radius 2 is 1.87 bits per heavy atom. The minimum atomic E-state index is -0.858. The number of fused-ring (bicyclic) bond motifs is 5. The van der Waals surface area contributed by atoms with Crippen molar-refractivity contribution in [3.05, 3.63) is 41.8 Å². The summed E-state index contributed by atoms with van der Waals surface area (Å²) in [5, 5.41) is 0. The molecule has 3 aliphatic heterocycles. The van der Waals surface area contributed by atoms with E-state index in [0.29, 0.717) is 30.3 Å². The first-order valence-corrected chi connectivity index (χ1v) is 10.7. The number of allylic oxidation sites excluding steroid dienone is 1. The predicted molar refractivity (Wildman–Crippen MR) is 114 cm³/mol. The number of para-hydroxylation sites is 1. The largest absolute Gasteiger partial charge is 0.496 e. The molecule has 0 aromatic heterocycles. The van der Waals surface area contributed by atoms with Crippen LogP contribution in [0.5, 0.6) is 5.75 Å². The van der Waals surface area contributed by atoms with Gasteiger partial charge in [-0.25, -0.2) is 4.99 Å². The lowest BCUT2D eigenvalue weighted by Gasteiger charge is -2.29. The van der Waals surface area contributed by atoms with E-state index in [1.54, 1.807) is 0 Å². The highest BCUT2D eigenvalue weighted by atomic mass is 16.5. The zero-order valence-electron chi connectivity index (χ0n) is 17.9. The zero-order valence-corrected chi connectivity index (χ0v) is 17.9. The van der Waals surface area contributed by atoms with Crippen LogP contribution in [-0.4, -0.2) is 66.6 Å². The van der Waals surface area contributed by atoms with E-state index < -0.39 is 11.8 Å². The van der Waals surface area contributed by atoms with E-state index in [1.165, 1.54) is 30.2 Å². The Morgan fingerprint density at radius 1 is 1.13 bits per heavy atom. The number of likely N-dealkylation sites (N-methyl/N-ethyl adjacent to an activating group) is 1. The first-order chi connectivity index (χ1) is 14.9. The van der Waals surface area contributed by atoms with Gasteiger partial charge >= 0.3 is 11.8 Å². The van der Waals surface area contributed by atoms with Gasteiger partial charge in [0.05, 0.1) is 11.8 Å². The van der Waals surface area contributed by atoms with Crippen LogP contribution >= 0.6 is 0 Å². The molecule has 164 valence electrons. The lowest BCUT2D eigenvalue weighted by atomic mass is 9.82. The van der Waals surface area contributed by atoms with Crippen molar-refractivity contribution in [2.75, 3.05) is 27.2 Å². The highest BCUT2D eigenvalue weighted by Gasteiger charge is 2.33. The van der Waals surface area contributed by atoms with E-state index in [9.17, 15) is 14.4 Å². The third kappa shape index (κ3) is 4.47. The molecule has 31 heavy (non-hydrogen) atoms. The Morgan fingerprint density at radius 3 is 2.61 bits per heavy atom. The number of carbonyl (C=O) groups excluding carboxylic acids is 3. The monoisotopic (exact) mass is 425 g/mol. The quantitative estimate of drug-likeness (QED) is 0.595. The second kappa shape index (κ2) is 8.91. The van der Waals surface area contributed by atoms with Gasteiger partial charge in [-0.15, -0.1) is 0 Å². The molecular formula is C23H27N3O5. The summed E-state index contributed by atoms with van der Waals surface area (Å²) in [6.45, 7) is 0.233. The topological polar surface area (TPSA) is 88.5 Å². The van der Waals surface area contributed by atoms with Crippen LogP contribution in [-0.2, 0) is 19.1 Å². The lowest BCUT2D eigenvalue weighted by molar-refractivity contribution is -0.142. The second-order valence-electron chi connectivity index (χ2n) is 8.30. The van der Waals surface area contributed by atoms with Gasteiger partial charge in [0.15, 0.2) is 6.61 Å². The van der Waals surface area contributed by atoms with E-state index >= 15 is 0 Å². The van der Waals surface area contributed by atoms with Gasteiger partial charge in [0.25, 0.3) is 5.91 Å². The molecule has 0 spiro atoms. The normalized spacial score (nSPS) is 26.3. The van der Waals surface area contributed by atoms with Crippen molar-refractivity contribution in [1.29, 1.82) is 0 Å². The molecule has 1 aliphatic carbocycles. The van der Waals surface area contributed by atoms with Crippen LogP contribution in [0.2, 0.25) is 0 Å². The number of carbonyl (C=O) groups is 3. The predicted octanol–water partition coefficient (Wildman–Crippen LogP) is 2.25. The fourth-order valence-electron chi connectivity index (χ4n) is 4.32. The Kier molecular flexibility index (Phi) is 6.06. The van der Waals surface area contributed by atoms with Crippen molar-refractivity contribution in [1.82, 2.24) is 9.80 Å². The first-order valence-electron chi connectivity index (χ1n) is 10.7. The fraction of sp³-hybridized carbons (Fsp3) is 0.478. The minimum Gasteiger partial charge on any atom is -0.496 e. The molecule has 8 nitrogen and oxygen atoms in total. The van der Waals surface area contributed by atoms with Crippen molar-refractivity contribution >= 4 is 23.4 Å². The molecule has 0 unspecified atom stereocenters. The maximum absolute atomic E-state index is 12.9. The molecule has 5 rings (SSSR count). The maximum atomic E-state index is 12.9. The van der Waals surface area contributed by atoms with Gasteiger partial charge < -0.3 is 19.3 Å². The number of nitrogens with zero attached hydrogens (tertiary/aromatic N) is 3. The molecule has 3 amide bonds. The molecule has 4 aliphatic rings. The number of rotatable bonds is 0. The zero-order chi connectivity index (χ0) is 22.0. The highest BCUT2D eigenvalue weighted by molar-refractivity contribution is 6.37.